The van der Waals surface area contributed by atoms with Gasteiger partial charge in [0.2, 0.25) is 0 Å². The SMILES string of the molecule is CN(C)CCN(C(=O)c1c(F)cccc1Cl)C1CCOCC1. The van der Waals surface area contributed by atoms with Crippen LogP contribution in [-0.2, 0) is 4.74 Å². The summed E-state index contributed by atoms with van der Waals surface area (Å²) in [5, 5.41) is 0.159. The Morgan fingerprint density at radius 3 is 2.59 bits per heavy atom. The predicted molar refractivity (Wildman–Crippen MR) is 84.8 cm³/mol. The molecule has 0 N–H and O–H groups in total. The van der Waals surface area contributed by atoms with E-state index in [2.05, 4.69) is 0 Å². The fourth-order valence-corrected chi connectivity index (χ4v) is 2.84. The number of ether oxygens (including phenoxy) is 1. The molecule has 0 unspecified atom stereocenters. The summed E-state index contributed by atoms with van der Waals surface area (Å²) >= 11 is 6.05. The van der Waals surface area contributed by atoms with Crippen molar-refractivity contribution in [1.29, 1.82) is 0 Å². The zero-order chi connectivity index (χ0) is 16.1. The van der Waals surface area contributed by atoms with Crippen molar-refractivity contribution in [2.45, 2.75) is 18.9 Å². The highest BCUT2D eigenvalue weighted by atomic mass is 35.5. The van der Waals surface area contributed by atoms with Gasteiger partial charge in [-0.2, -0.15) is 0 Å². The smallest absolute Gasteiger partial charge is 0.258 e. The molecule has 1 aromatic rings. The summed E-state index contributed by atoms with van der Waals surface area (Å²) in [7, 11) is 3.89. The van der Waals surface area contributed by atoms with Crippen molar-refractivity contribution in [2.24, 2.45) is 0 Å². The molecular formula is C16H22ClFN2O2. The molecule has 0 aromatic heterocycles. The van der Waals surface area contributed by atoms with E-state index in [1.165, 1.54) is 12.1 Å². The molecule has 0 bridgehead atoms. The lowest BCUT2D eigenvalue weighted by molar-refractivity contribution is 0.0273. The molecule has 0 atom stereocenters. The summed E-state index contributed by atoms with van der Waals surface area (Å²) in [4.78, 5) is 16.6. The molecule has 0 radical (unpaired) electrons. The number of rotatable bonds is 5. The molecule has 22 heavy (non-hydrogen) atoms. The van der Waals surface area contributed by atoms with E-state index in [9.17, 15) is 9.18 Å². The quantitative estimate of drug-likeness (QED) is 0.833. The molecule has 0 aliphatic carbocycles. The Bertz CT molecular complexity index is 499. The first-order chi connectivity index (χ1) is 10.5. The molecule has 1 amide bonds. The lowest BCUT2D eigenvalue weighted by Gasteiger charge is -2.35. The van der Waals surface area contributed by atoms with Gasteiger partial charge >= 0.3 is 0 Å². The Hall–Kier alpha value is -1.17. The number of carbonyl (C=O) groups is 1. The molecule has 4 nitrogen and oxygen atoms in total. The minimum atomic E-state index is -0.570. The topological polar surface area (TPSA) is 32.8 Å². The summed E-state index contributed by atoms with van der Waals surface area (Å²) in [6, 6.07) is 4.39. The Balaban J connectivity index is 2.24. The number of benzene rings is 1. The zero-order valence-electron chi connectivity index (χ0n) is 13.0. The molecule has 1 aliphatic rings. The third-order valence-electron chi connectivity index (χ3n) is 3.86. The highest BCUT2D eigenvalue weighted by Gasteiger charge is 2.29. The second-order valence-corrected chi connectivity index (χ2v) is 6.15. The first kappa shape index (κ1) is 17.2. The van der Waals surface area contributed by atoms with Gasteiger partial charge in [0.1, 0.15) is 5.82 Å². The predicted octanol–water partition coefficient (Wildman–Crippen LogP) is 2.66. The number of halogens is 2. The van der Waals surface area contributed by atoms with Crippen LogP contribution in [0.25, 0.3) is 0 Å². The van der Waals surface area contributed by atoms with Crippen molar-refractivity contribution in [1.82, 2.24) is 9.80 Å². The maximum atomic E-state index is 14.1. The van der Waals surface area contributed by atoms with Crippen molar-refractivity contribution in [3.8, 4) is 0 Å². The average Bonchev–Trinajstić information content (AvgIpc) is 2.48. The van der Waals surface area contributed by atoms with Crippen LogP contribution >= 0.6 is 11.6 Å². The second-order valence-electron chi connectivity index (χ2n) is 5.74. The van der Waals surface area contributed by atoms with Gasteiger partial charge in [-0.3, -0.25) is 4.79 Å². The van der Waals surface area contributed by atoms with Crippen molar-refractivity contribution < 1.29 is 13.9 Å². The Kier molecular flexibility index (Phi) is 6.17. The van der Waals surface area contributed by atoms with Gasteiger partial charge in [-0.1, -0.05) is 17.7 Å². The molecule has 1 saturated heterocycles. The highest BCUT2D eigenvalue weighted by Crippen LogP contribution is 2.24. The highest BCUT2D eigenvalue weighted by molar-refractivity contribution is 6.33. The molecule has 2 rings (SSSR count). The maximum Gasteiger partial charge on any atom is 0.258 e. The summed E-state index contributed by atoms with van der Waals surface area (Å²) in [6.45, 7) is 2.51. The average molecular weight is 329 g/mol. The number of likely N-dealkylation sites (N-methyl/N-ethyl adjacent to an activating group) is 1. The van der Waals surface area contributed by atoms with Gasteiger partial charge in [0, 0.05) is 32.3 Å². The van der Waals surface area contributed by atoms with Crippen LogP contribution in [0, 0.1) is 5.82 Å². The standard InChI is InChI=1S/C16H22ClFN2O2/c1-19(2)8-9-20(12-6-10-22-11-7-12)16(21)15-13(17)4-3-5-14(15)18/h3-5,12H,6-11H2,1-2H3. The fraction of sp³-hybridized carbons (Fsp3) is 0.562. The minimum Gasteiger partial charge on any atom is -0.381 e. The van der Waals surface area contributed by atoms with Crippen LogP contribution in [0.2, 0.25) is 5.02 Å². The van der Waals surface area contributed by atoms with Crippen LogP contribution in [0.3, 0.4) is 0 Å². The molecule has 0 saturated carbocycles. The van der Waals surface area contributed by atoms with Gasteiger partial charge in [0.05, 0.1) is 10.6 Å². The second kappa shape index (κ2) is 7.90. The molecule has 1 heterocycles. The Morgan fingerprint density at radius 1 is 1.32 bits per heavy atom. The number of amides is 1. The van der Waals surface area contributed by atoms with Crippen molar-refractivity contribution in [3.05, 3.63) is 34.6 Å². The molecular weight excluding hydrogens is 307 g/mol. The lowest BCUT2D eigenvalue weighted by atomic mass is 10.0. The Labute approximate surface area is 135 Å². The monoisotopic (exact) mass is 328 g/mol. The normalized spacial score (nSPS) is 16.0. The first-order valence-electron chi connectivity index (χ1n) is 7.48. The van der Waals surface area contributed by atoms with Crippen LogP contribution in [0.4, 0.5) is 4.39 Å². The van der Waals surface area contributed by atoms with E-state index in [0.29, 0.717) is 19.8 Å². The number of nitrogens with zero attached hydrogens (tertiary/aromatic N) is 2. The molecule has 0 spiro atoms. The van der Waals surface area contributed by atoms with E-state index in [1.807, 2.05) is 19.0 Å². The van der Waals surface area contributed by atoms with E-state index >= 15 is 0 Å². The summed E-state index contributed by atoms with van der Waals surface area (Å²) in [5.41, 5.74) is -0.0329. The minimum absolute atomic E-state index is 0.0329. The van der Waals surface area contributed by atoms with Crippen LogP contribution in [0.5, 0.6) is 0 Å². The van der Waals surface area contributed by atoms with E-state index in [1.54, 1.807) is 11.0 Å². The molecule has 1 aliphatic heterocycles. The zero-order valence-corrected chi connectivity index (χ0v) is 13.8. The van der Waals surface area contributed by atoms with Crippen LogP contribution in [-0.4, -0.2) is 62.1 Å². The summed E-state index contributed by atoms with van der Waals surface area (Å²) in [5.74, 6) is -0.906. The lowest BCUT2D eigenvalue weighted by Crippen LogP contribution is -2.46. The van der Waals surface area contributed by atoms with Gasteiger partial charge in [0.25, 0.3) is 5.91 Å². The van der Waals surface area contributed by atoms with E-state index in [4.69, 9.17) is 16.3 Å². The van der Waals surface area contributed by atoms with Crippen molar-refractivity contribution >= 4 is 17.5 Å². The van der Waals surface area contributed by atoms with Gasteiger partial charge in [-0.25, -0.2) is 4.39 Å². The molecule has 1 fully saturated rings. The van der Waals surface area contributed by atoms with E-state index in [-0.39, 0.29) is 22.5 Å². The maximum absolute atomic E-state index is 14.1. The van der Waals surface area contributed by atoms with Gasteiger partial charge in [-0.15, -0.1) is 0 Å². The summed E-state index contributed by atoms with van der Waals surface area (Å²) < 4.78 is 19.4. The number of carbonyl (C=O) groups excluding carboxylic acids is 1. The van der Waals surface area contributed by atoms with E-state index in [0.717, 1.165) is 19.4 Å². The van der Waals surface area contributed by atoms with Crippen molar-refractivity contribution in [3.63, 3.8) is 0 Å². The van der Waals surface area contributed by atoms with E-state index < -0.39 is 5.82 Å². The number of hydrogen-bond donors (Lipinski definition) is 0. The van der Waals surface area contributed by atoms with Gasteiger partial charge < -0.3 is 14.5 Å². The van der Waals surface area contributed by atoms with Crippen LogP contribution in [0.1, 0.15) is 23.2 Å². The molecule has 1 aromatic carbocycles. The van der Waals surface area contributed by atoms with Gasteiger partial charge in [-0.05, 0) is 39.1 Å². The third-order valence-corrected chi connectivity index (χ3v) is 4.17. The summed E-state index contributed by atoms with van der Waals surface area (Å²) in [6.07, 6.45) is 1.54. The first-order valence-corrected chi connectivity index (χ1v) is 7.86. The van der Waals surface area contributed by atoms with Gasteiger partial charge in [0.15, 0.2) is 0 Å². The van der Waals surface area contributed by atoms with Crippen molar-refractivity contribution in [2.75, 3.05) is 40.4 Å². The van der Waals surface area contributed by atoms with Crippen LogP contribution in [0.15, 0.2) is 18.2 Å². The third kappa shape index (κ3) is 4.18. The van der Waals surface area contributed by atoms with Crippen LogP contribution < -0.4 is 0 Å². The fourth-order valence-electron chi connectivity index (χ4n) is 2.60. The number of hydrogen-bond acceptors (Lipinski definition) is 3. The Morgan fingerprint density at radius 2 is 2.00 bits per heavy atom. The molecule has 6 heteroatoms. The molecule has 122 valence electrons. The largest absolute Gasteiger partial charge is 0.381 e.